The molecule has 4 heteroatoms. The van der Waals surface area contributed by atoms with Crippen LogP contribution in [-0.2, 0) is 11.8 Å². The highest BCUT2D eigenvalue weighted by molar-refractivity contribution is 6.01. The summed E-state index contributed by atoms with van der Waals surface area (Å²) in [4.78, 5) is 12.0. The van der Waals surface area contributed by atoms with Crippen molar-refractivity contribution in [3.8, 4) is 0 Å². The van der Waals surface area contributed by atoms with Crippen molar-refractivity contribution < 1.29 is 9.53 Å². The van der Waals surface area contributed by atoms with Gasteiger partial charge in [0.15, 0.2) is 5.78 Å². The standard InChI is InChI=1S/C10H16N2O2/c1-5-10(2,14-4)9(13)8-6-11-12(3)7-8/h6-7H,5H2,1-4H3. The molecule has 1 unspecified atom stereocenters. The van der Waals surface area contributed by atoms with E-state index in [2.05, 4.69) is 5.10 Å². The van der Waals surface area contributed by atoms with Gasteiger partial charge in [-0.25, -0.2) is 0 Å². The quantitative estimate of drug-likeness (QED) is 0.684. The molecule has 0 spiro atoms. The first-order valence-electron chi connectivity index (χ1n) is 4.62. The Morgan fingerprint density at radius 2 is 2.36 bits per heavy atom. The Labute approximate surface area is 83.9 Å². The molecule has 0 aliphatic rings. The number of methoxy groups -OCH3 is 1. The molecule has 0 aliphatic carbocycles. The lowest BCUT2D eigenvalue weighted by Crippen LogP contribution is -2.36. The summed E-state index contributed by atoms with van der Waals surface area (Å²) in [6.45, 7) is 3.72. The molecule has 14 heavy (non-hydrogen) atoms. The fourth-order valence-corrected chi connectivity index (χ4v) is 1.24. The molecule has 1 atom stereocenters. The van der Waals surface area contributed by atoms with Crippen molar-refractivity contribution >= 4 is 5.78 Å². The van der Waals surface area contributed by atoms with E-state index in [0.29, 0.717) is 12.0 Å². The van der Waals surface area contributed by atoms with Gasteiger partial charge in [0, 0.05) is 20.4 Å². The largest absolute Gasteiger partial charge is 0.370 e. The van der Waals surface area contributed by atoms with Crippen LogP contribution in [0.15, 0.2) is 12.4 Å². The van der Waals surface area contributed by atoms with Crippen LogP contribution in [0.25, 0.3) is 0 Å². The van der Waals surface area contributed by atoms with Crippen LogP contribution in [0.3, 0.4) is 0 Å². The maximum absolute atomic E-state index is 12.0. The lowest BCUT2D eigenvalue weighted by molar-refractivity contribution is 0.0106. The van der Waals surface area contributed by atoms with Gasteiger partial charge in [-0.15, -0.1) is 0 Å². The second kappa shape index (κ2) is 3.92. The van der Waals surface area contributed by atoms with Gasteiger partial charge in [0.25, 0.3) is 0 Å². The van der Waals surface area contributed by atoms with E-state index in [0.717, 1.165) is 0 Å². The lowest BCUT2D eigenvalue weighted by Gasteiger charge is -2.23. The second-order valence-corrected chi connectivity index (χ2v) is 3.52. The molecule has 0 aliphatic heterocycles. The molecule has 1 aromatic rings. The SMILES string of the molecule is CCC(C)(OC)C(=O)c1cnn(C)c1. The first-order chi connectivity index (χ1) is 6.53. The predicted molar refractivity (Wildman–Crippen MR) is 53.2 cm³/mol. The molecule has 0 bridgehead atoms. The number of carbonyl (C=O) groups excluding carboxylic acids is 1. The average molecular weight is 196 g/mol. The summed E-state index contributed by atoms with van der Waals surface area (Å²) in [5.41, 5.74) is -0.137. The molecule has 0 N–H and O–H groups in total. The molecule has 1 heterocycles. The van der Waals surface area contributed by atoms with Crippen LogP contribution in [0, 0.1) is 0 Å². The zero-order valence-electron chi connectivity index (χ0n) is 9.07. The Morgan fingerprint density at radius 3 is 2.71 bits per heavy atom. The van der Waals surface area contributed by atoms with Crippen LogP contribution < -0.4 is 0 Å². The van der Waals surface area contributed by atoms with Gasteiger partial charge in [-0.2, -0.15) is 5.10 Å². The van der Waals surface area contributed by atoms with Crippen LogP contribution >= 0.6 is 0 Å². The summed E-state index contributed by atoms with van der Waals surface area (Å²) in [5, 5.41) is 3.96. The van der Waals surface area contributed by atoms with Crippen LogP contribution in [0.1, 0.15) is 30.6 Å². The first-order valence-corrected chi connectivity index (χ1v) is 4.62. The van der Waals surface area contributed by atoms with E-state index in [-0.39, 0.29) is 5.78 Å². The van der Waals surface area contributed by atoms with Gasteiger partial charge in [-0.1, -0.05) is 6.92 Å². The smallest absolute Gasteiger partial charge is 0.197 e. The summed E-state index contributed by atoms with van der Waals surface area (Å²) in [6, 6.07) is 0. The van der Waals surface area contributed by atoms with E-state index in [1.54, 1.807) is 38.2 Å². The minimum absolute atomic E-state index is 0.0180. The predicted octanol–water partition coefficient (Wildman–Crippen LogP) is 1.42. The Morgan fingerprint density at radius 1 is 1.71 bits per heavy atom. The van der Waals surface area contributed by atoms with Gasteiger partial charge in [0.05, 0.1) is 11.8 Å². The molecule has 0 radical (unpaired) electrons. The van der Waals surface area contributed by atoms with Crippen LogP contribution in [0.5, 0.6) is 0 Å². The summed E-state index contributed by atoms with van der Waals surface area (Å²) in [6.07, 6.45) is 3.92. The monoisotopic (exact) mass is 196 g/mol. The number of rotatable bonds is 4. The number of aromatic nitrogens is 2. The van der Waals surface area contributed by atoms with Gasteiger partial charge in [0.1, 0.15) is 5.60 Å². The maximum Gasteiger partial charge on any atom is 0.197 e. The number of carbonyl (C=O) groups is 1. The molecular weight excluding hydrogens is 180 g/mol. The molecule has 78 valence electrons. The second-order valence-electron chi connectivity index (χ2n) is 3.52. The van der Waals surface area contributed by atoms with Gasteiger partial charge >= 0.3 is 0 Å². The van der Waals surface area contributed by atoms with E-state index in [1.165, 1.54) is 0 Å². The number of ketones is 1. The highest BCUT2D eigenvalue weighted by atomic mass is 16.5. The van der Waals surface area contributed by atoms with E-state index in [1.807, 2.05) is 6.92 Å². The zero-order valence-corrected chi connectivity index (χ0v) is 9.07. The summed E-state index contributed by atoms with van der Waals surface area (Å²) < 4.78 is 6.84. The molecule has 4 nitrogen and oxygen atoms in total. The third-order valence-electron chi connectivity index (χ3n) is 2.57. The lowest BCUT2D eigenvalue weighted by atomic mass is 9.94. The van der Waals surface area contributed by atoms with Crippen molar-refractivity contribution in [1.82, 2.24) is 9.78 Å². The summed E-state index contributed by atoms with van der Waals surface area (Å²) in [7, 11) is 3.34. The molecule has 1 aromatic heterocycles. The van der Waals surface area contributed by atoms with Crippen molar-refractivity contribution in [3.63, 3.8) is 0 Å². The first kappa shape index (κ1) is 10.9. The summed E-state index contributed by atoms with van der Waals surface area (Å²) >= 11 is 0. The number of aryl methyl sites for hydroxylation is 1. The Bertz CT molecular complexity index is 327. The van der Waals surface area contributed by atoms with E-state index < -0.39 is 5.60 Å². The van der Waals surface area contributed by atoms with Crippen LogP contribution in [0.4, 0.5) is 0 Å². The van der Waals surface area contributed by atoms with Crippen molar-refractivity contribution in [2.45, 2.75) is 25.9 Å². The number of ether oxygens (including phenoxy) is 1. The average Bonchev–Trinajstić information content (AvgIpc) is 2.62. The number of hydrogen-bond donors (Lipinski definition) is 0. The van der Waals surface area contributed by atoms with Crippen molar-refractivity contribution in [1.29, 1.82) is 0 Å². The molecule has 0 fully saturated rings. The number of Topliss-reactive ketones (excluding diaryl/α,β-unsaturated/α-hetero) is 1. The normalized spacial score (nSPS) is 15.1. The Hall–Kier alpha value is -1.16. The number of nitrogens with zero attached hydrogens (tertiary/aromatic N) is 2. The Kier molecular flexibility index (Phi) is 3.06. The summed E-state index contributed by atoms with van der Waals surface area (Å²) in [5.74, 6) is -0.0180. The van der Waals surface area contributed by atoms with E-state index in [4.69, 9.17) is 4.74 Å². The zero-order chi connectivity index (χ0) is 10.8. The van der Waals surface area contributed by atoms with Crippen molar-refractivity contribution in [2.24, 2.45) is 7.05 Å². The van der Waals surface area contributed by atoms with Gasteiger partial charge in [0.2, 0.25) is 0 Å². The van der Waals surface area contributed by atoms with Crippen LogP contribution in [0.2, 0.25) is 0 Å². The fraction of sp³-hybridized carbons (Fsp3) is 0.600. The Balaban J connectivity index is 2.94. The molecule has 0 amide bonds. The van der Waals surface area contributed by atoms with Gasteiger partial charge in [-0.05, 0) is 13.3 Å². The number of hydrogen-bond acceptors (Lipinski definition) is 3. The molecular formula is C10H16N2O2. The third-order valence-corrected chi connectivity index (χ3v) is 2.57. The van der Waals surface area contributed by atoms with E-state index in [9.17, 15) is 4.79 Å². The topological polar surface area (TPSA) is 44.1 Å². The van der Waals surface area contributed by atoms with Crippen molar-refractivity contribution in [2.75, 3.05) is 7.11 Å². The minimum Gasteiger partial charge on any atom is -0.370 e. The van der Waals surface area contributed by atoms with Gasteiger partial charge < -0.3 is 4.74 Å². The molecule has 0 saturated carbocycles. The molecule has 0 saturated heterocycles. The fourth-order valence-electron chi connectivity index (χ4n) is 1.24. The highest BCUT2D eigenvalue weighted by Crippen LogP contribution is 2.19. The third kappa shape index (κ3) is 1.85. The van der Waals surface area contributed by atoms with Crippen LogP contribution in [-0.4, -0.2) is 28.3 Å². The van der Waals surface area contributed by atoms with Gasteiger partial charge in [-0.3, -0.25) is 9.48 Å². The molecule has 1 rings (SSSR count). The van der Waals surface area contributed by atoms with Crippen molar-refractivity contribution in [3.05, 3.63) is 18.0 Å². The minimum atomic E-state index is -0.733. The molecule has 0 aromatic carbocycles. The highest BCUT2D eigenvalue weighted by Gasteiger charge is 2.32. The van der Waals surface area contributed by atoms with E-state index >= 15 is 0 Å². The maximum atomic E-state index is 12.0.